The van der Waals surface area contributed by atoms with Crippen molar-refractivity contribution < 1.29 is 14.3 Å². The number of hydrogen-bond acceptors (Lipinski definition) is 3. The third kappa shape index (κ3) is 5.23. The average molecular weight is 373 g/mol. The van der Waals surface area contributed by atoms with E-state index >= 15 is 0 Å². The summed E-state index contributed by atoms with van der Waals surface area (Å²) in [6.07, 6.45) is 1.93. The normalized spacial score (nSPS) is 13.2. The predicted molar refractivity (Wildman–Crippen MR) is 101 cm³/mol. The first-order valence-electron chi connectivity index (χ1n) is 8.57. The number of halogens is 1. The molecule has 5 nitrogen and oxygen atoms in total. The van der Waals surface area contributed by atoms with Crippen LogP contribution in [0.4, 0.5) is 5.69 Å². The van der Waals surface area contributed by atoms with E-state index in [-0.39, 0.29) is 24.3 Å². The highest BCUT2D eigenvalue weighted by molar-refractivity contribution is 6.30. The first kappa shape index (κ1) is 18.3. The second kappa shape index (κ2) is 8.23. The molecule has 0 heterocycles. The molecule has 1 aliphatic carbocycles. The quantitative estimate of drug-likeness (QED) is 0.778. The number of amides is 2. The third-order valence-electron chi connectivity index (χ3n) is 4.14. The molecule has 0 radical (unpaired) electrons. The van der Waals surface area contributed by atoms with Gasteiger partial charge in [0.05, 0.1) is 0 Å². The van der Waals surface area contributed by atoms with Crippen molar-refractivity contribution in [3.8, 4) is 5.75 Å². The highest BCUT2D eigenvalue weighted by Gasteiger charge is 2.29. The van der Waals surface area contributed by atoms with E-state index in [1.54, 1.807) is 12.1 Å². The minimum absolute atomic E-state index is 0.0662. The molecule has 0 bridgehead atoms. The van der Waals surface area contributed by atoms with Crippen molar-refractivity contribution in [2.45, 2.75) is 26.3 Å². The van der Waals surface area contributed by atoms with Crippen molar-refractivity contribution in [3.05, 3.63) is 58.6 Å². The van der Waals surface area contributed by atoms with Gasteiger partial charge < -0.3 is 15.4 Å². The Bertz CT molecular complexity index is 818. The van der Waals surface area contributed by atoms with E-state index in [0.717, 1.165) is 29.7 Å². The van der Waals surface area contributed by atoms with Gasteiger partial charge in [-0.2, -0.15) is 0 Å². The van der Waals surface area contributed by atoms with Crippen molar-refractivity contribution in [2.75, 3.05) is 11.9 Å². The summed E-state index contributed by atoms with van der Waals surface area (Å²) in [6.45, 7) is 2.17. The average Bonchev–Trinajstić information content (AvgIpc) is 3.46. The highest BCUT2D eigenvalue weighted by atomic mass is 35.5. The number of hydrogen-bond donors (Lipinski definition) is 2. The van der Waals surface area contributed by atoms with Crippen LogP contribution in [0, 0.1) is 12.8 Å². The fraction of sp³-hybridized carbons (Fsp3) is 0.300. The standard InChI is InChI=1S/C20H21ClN2O3/c1-13-5-8-16(21)10-18(13)26-12-19(24)22-11-14-3-2-4-17(9-14)23-20(25)15-6-7-15/h2-5,8-10,15H,6-7,11-12H2,1H3,(H,22,24)(H,23,25). The fourth-order valence-corrected chi connectivity index (χ4v) is 2.64. The van der Waals surface area contributed by atoms with Crippen LogP contribution in [0.1, 0.15) is 24.0 Å². The Morgan fingerprint density at radius 1 is 1.19 bits per heavy atom. The Hall–Kier alpha value is -2.53. The smallest absolute Gasteiger partial charge is 0.258 e. The number of carbonyl (C=O) groups excluding carboxylic acids is 2. The van der Waals surface area contributed by atoms with Gasteiger partial charge in [0.2, 0.25) is 5.91 Å². The Morgan fingerprint density at radius 2 is 2.00 bits per heavy atom. The van der Waals surface area contributed by atoms with Gasteiger partial charge in [-0.3, -0.25) is 9.59 Å². The molecule has 0 aliphatic heterocycles. The van der Waals surface area contributed by atoms with E-state index in [1.807, 2.05) is 37.3 Å². The van der Waals surface area contributed by atoms with E-state index < -0.39 is 0 Å². The molecular formula is C20H21ClN2O3. The lowest BCUT2D eigenvalue weighted by atomic mass is 10.2. The molecule has 1 saturated carbocycles. The van der Waals surface area contributed by atoms with E-state index in [9.17, 15) is 9.59 Å². The van der Waals surface area contributed by atoms with Gasteiger partial charge in [0.15, 0.2) is 6.61 Å². The van der Waals surface area contributed by atoms with Gasteiger partial charge in [-0.25, -0.2) is 0 Å². The van der Waals surface area contributed by atoms with Crippen LogP contribution >= 0.6 is 11.6 Å². The summed E-state index contributed by atoms with van der Waals surface area (Å²) in [5, 5.41) is 6.28. The first-order chi connectivity index (χ1) is 12.5. The number of carbonyl (C=O) groups is 2. The molecule has 136 valence electrons. The molecule has 0 unspecified atom stereocenters. The van der Waals surface area contributed by atoms with E-state index in [2.05, 4.69) is 10.6 Å². The lowest BCUT2D eigenvalue weighted by molar-refractivity contribution is -0.123. The van der Waals surface area contributed by atoms with Gasteiger partial charge in [-0.15, -0.1) is 0 Å². The highest BCUT2D eigenvalue weighted by Crippen LogP contribution is 2.30. The molecule has 0 aromatic heterocycles. The second-order valence-corrected chi connectivity index (χ2v) is 6.88. The summed E-state index contributed by atoms with van der Waals surface area (Å²) in [4.78, 5) is 23.8. The molecule has 0 saturated heterocycles. The third-order valence-corrected chi connectivity index (χ3v) is 4.38. The summed E-state index contributed by atoms with van der Waals surface area (Å²) in [5.74, 6) is 0.594. The van der Waals surface area contributed by atoms with Crippen LogP contribution in [0.3, 0.4) is 0 Å². The van der Waals surface area contributed by atoms with Crippen molar-refractivity contribution in [1.82, 2.24) is 5.32 Å². The molecule has 3 rings (SSSR count). The van der Waals surface area contributed by atoms with Crippen LogP contribution in [0.15, 0.2) is 42.5 Å². The summed E-state index contributed by atoms with van der Waals surface area (Å²) in [6, 6.07) is 12.8. The number of nitrogens with one attached hydrogen (secondary N) is 2. The molecule has 1 fully saturated rings. The predicted octanol–water partition coefficient (Wildman–Crippen LogP) is 3.69. The maximum atomic E-state index is 12.0. The molecule has 0 atom stereocenters. The molecule has 2 aromatic rings. The van der Waals surface area contributed by atoms with E-state index in [1.165, 1.54) is 0 Å². The molecule has 6 heteroatoms. The largest absolute Gasteiger partial charge is 0.483 e. The molecular weight excluding hydrogens is 352 g/mol. The number of aryl methyl sites for hydroxylation is 1. The van der Waals surface area contributed by atoms with Crippen molar-refractivity contribution in [1.29, 1.82) is 0 Å². The van der Waals surface area contributed by atoms with E-state index in [4.69, 9.17) is 16.3 Å². The van der Waals surface area contributed by atoms with Crippen LogP contribution in [-0.2, 0) is 16.1 Å². The van der Waals surface area contributed by atoms with Crippen LogP contribution in [-0.4, -0.2) is 18.4 Å². The topological polar surface area (TPSA) is 67.4 Å². The monoisotopic (exact) mass is 372 g/mol. The lowest BCUT2D eigenvalue weighted by Crippen LogP contribution is -2.28. The summed E-state index contributed by atoms with van der Waals surface area (Å²) in [7, 11) is 0. The molecule has 0 spiro atoms. The zero-order chi connectivity index (χ0) is 18.5. The number of anilines is 1. The van der Waals surface area contributed by atoms with Gasteiger partial charge in [0.25, 0.3) is 5.91 Å². The van der Waals surface area contributed by atoms with Crippen LogP contribution in [0.5, 0.6) is 5.75 Å². The lowest BCUT2D eigenvalue weighted by Gasteiger charge is -2.11. The minimum Gasteiger partial charge on any atom is -0.483 e. The van der Waals surface area contributed by atoms with Gasteiger partial charge in [-0.05, 0) is 55.2 Å². The Balaban J connectivity index is 1.48. The minimum atomic E-state index is -0.225. The molecule has 26 heavy (non-hydrogen) atoms. The van der Waals surface area contributed by atoms with Crippen molar-refractivity contribution in [2.24, 2.45) is 5.92 Å². The number of benzene rings is 2. The summed E-state index contributed by atoms with van der Waals surface area (Å²) < 4.78 is 5.52. The molecule has 2 N–H and O–H groups in total. The van der Waals surface area contributed by atoms with Crippen LogP contribution < -0.4 is 15.4 Å². The maximum absolute atomic E-state index is 12.0. The van der Waals surface area contributed by atoms with Gasteiger partial charge in [0, 0.05) is 23.2 Å². The maximum Gasteiger partial charge on any atom is 0.258 e. The Morgan fingerprint density at radius 3 is 2.77 bits per heavy atom. The number of rotatable bonds is 7. The van der Waals surface area contributed by atoms with Crippen LogP contribution in [0.25, 0.3) is 0 Å². The van der Waals surface area contributed by atoms with Crippen LogP contribution in [0.2, 0.25) is 5.02 Å². The fourth-order valence-electron chi connectivity index (χ4n) is 2.47. The van der Waals surface area contributed by atoms with Gasteiger partial charge in [0.1, 0.15) is 5.75 Å². The Labute approximate surface area is 157 Å². The molecule has 2 amide bonds. The van der Waals surface area contributed by atoms with Crippen molar-refractivity contribution in [3.63, 3.8) is 0 Å². The summed E-state index contributed by atoms with van der Waals surface area (Å²) in [5.41, 5.74) is 2.58. The number of ether oxygens (including phenoxy) is 1. The summed E-state index contributed by atoms with van der Waals surface area (Å²) >= 11 is 5.94. The molecule has 2 aromatic carbocycles. The van der Waals surface area contributed by atoms with Gasteiger partial charge >= 0.3 is 0 Å². The van der Waals surface area contributed by atoms with E-state index in [0.29, 0.717) is 17.3 Å². The zero-order valence-electron chi connectivity index (χ0n) is 14.5. The van der Waals surface area contributed by atoms with Crippen molar-refractivity contribution >= 4 is 29.1 Å². The Kier molecular flexibility index (Phi) is 5.78. The SMILES string of the molecule is Cc1ccc(Cl)cc1OCC(=O)NCc1cccc(NC(=O)C2CC2)c1. The van der Waals surface area contributed by atoms with Gasteiger partial charge in [-0.1, -0.05) is 29.8 Å². The second-order valence-electron chi connectivity index (χ2n) is 6.44. The zero-order valence-corrected chi connectivity index (χ0v) is 15.3. The first-order valence-corrected chi connectivity index (χ1v) is 8.94. The molecule has 1 aliphatic rings.